The summed E-state index contributed by atoms with van der Waals surface area (Å²) >= 11 is 1.88. The SMILES string of the molecule is CCCNC(C)(C#N)CSCCC(C)C. The zero-order chi connectivity index (χ0) is 11.7. The fourth-order valence-corrected chi connectivity index (χ4v) is 2.48. The largest absolute Gasteiger partial charge is 0.299 e. The maximum Gasteiger partial charge on any atom is 0.113 e. The van der Waals surface area contributed by atoms with Crippen LogP contribution in [0.3, 0.4) is 0 Å². The van der Waals surface area contributed by atoms with Crippen LogP contribution in [-0.2, 0) is 0 Å². The van der Waals surface area contributed by atoms with Crippen molar-refractivity contribution < 1.29 is 0 Å². The molecule has 2 nitrogen and oxygen atoms in total. The lowest BCUT2D eigenvalue weighted by Gasteiger charge is -2.22. The third-order valence-corrected chi connectivity index (χ3v) is 3.55. The first-order valence-electron chi connectivity index (χ1n) is 5.78. The molecule has 15 heavy (non-hydrogen) atoms. The van der Waals surface area contributed by atoms with Gasteiger partial charge in [-0.1, -0.05) is 20.8 Å². The third-order valence-electron chi connectivity index (χ3n) is 2.24. The van der Waals surface area contributed by atoms with Crippen LogP contribution < -0.4 is 5.32 Å². The number of nitriles is 1. The predicted molar refractivity (Wildman–Crippen MR) is 69.1 cm³/mol. The summed E-state index contributed by atoms with van der Waals surface area (Å²) in [5, 5.41) is 12.4. The van der Waals surface area contributed by atoms with Crippen molar-refractivity contribution in [3.05, 3.63) is 0 Å². The number of nitrogens with one attached hydrogen (secondary N) is 1. The van der Waals surface area contributed by atoms with Gasteiger partial charge in [-0.05, 0) is 38.0 Å². The Bertz CT molecular complexity index is 198. The van der Waals surface area contributed by atoms with E-state index in [4.69, 9.17) is 5.26 Å². The Morgan fingerprint density at radius 1 is 1.47 bits per heavy atom. The van der Waals surface area contributed by atoms with Crippen molar-refractivity contribution in [1.29, 1.82) is 5.26 Å². The number of rotatable bonds is 8. The maximum atomic E-state index is 9.09. The molecule has 0 aliphatic carbocycles. The van der Waals surface area contributed by atoms with Gasteiger partial charge in [0.05, 0.1) is 6.07 Å². The molecule has 0 fully saturated rings. The minimum atomic E-state index is -0.350. The molecular weight excluding hydrogens is 204 g/mol. The summed E-state index contributed by atoms with van der Waals surface area (Å²) in [5.41, 5.74) is -0.350. The molecule has 0 aromatic rings. The maximum absolute atomic E-state index is 9.09. The second-order valence-corrected chi connectivity index (χ2v) is 5.71. The van der Waals surface area contributed by atoms with Crippen molar-refractivity contribution in [2.75, 3.05) is 18.1 Å². The second kappa shape index (κ2) is 8.01. The van der Waals surface area contributed by atoms with Gasteiger partial charge < -0.3 is 0 Å². The third kappa shape index (κ3) is 7.70. The van der Waals surface area contributed by atoms with Crippen LogP contribution in [0.4, 0.5) is 0 Å². The molecule has 3 heteroatoms. The van der Waals surface area contributed by atoms with E-state index in [1.165, 1.54) is 6.42 Å². The summed E-state index contributed by atoms with van der Waals surface area (Å²) in [7, 11) is 0. The zero-order valence-electron chi connectivity index (χ0n) is 10.5. The normalized spacial score (nSPS) is 14.9. The van der Waals surface area contributed by atoms with E-state index in [1.54, 1.807) is 0 Å². The summed E-state index contributed by atoms with van der Waals surface area (Å²) in [6.45, 7) is 9.51. The Hall–Kier alpha value is -0.200. The molecule has 0 aromatic heterocycles. The first kappa shape index (κ1) is 14.8. The Balaban J connectivity index is 3.74. The predicted octanol–water partition coefficient (Wildman–Crippen LogP) is 3.05. The molecule has 0 amide bonds. The molecule has 0 bridgehead atoms. The molecule has 0 radical (unpaired) electrons. The Kier molecular flexibility index (Phi) is 7.90. The summed E-state index contributed by atoms with van der Waals surface area (Å²) in [6.07, 6.45) is 2.31. The molecule has 0 aliphatic rings. The van der Waals surface area contributed by atoms with Crippen molar-refractivity contribution in [1.82, 2.24) is 5.32 Å². The van der Waals surface area contributed by atoms with Gasteiger partial charge in [0, 0.05) is 5.75 Å². The van der Waals surface area contributed by atoms with Crippen molar-refractivity contribution >= 4 is 11.8 Å². The van der Waals surface area contributed by atoms with Gasteiger partial charge in [0.1, 0.15) is 5.54 Å². The highest BCUT2D eigenvalue weighted by atomic mass is 32.2. The fraction of sp³-hybridized carbons (Fsp3) is 0.917. The van der Waals surface area contributed by atoms with Gasteiger partial charge in [-0.2, -0.15) is 17.0 Å². The van der Waals surface area contributed by atoms with Gasteiger partial charge in [-0.15, -0.1) is 0 Å². The van der Waals surface area contributed by atoms with Crippen LogP contribution in [0.2, 0.25) is 0 Å². The molecule has 0 saturated carbocycles. The van der Waals surface area contributed by atoms with Gasteiger partial charge in [0.25, 0.3) is 0 Å². The van der Waals surface area contributed by atoms with E-state index in [0.717, 1.165) is 30.4 Å². The van der Waals surface area contributed by atoms with E-state index in [2.05, 4.69) is 32.2 Å². The Morgan fingerprint density at radius 3 is 2.60 bits per heavy atom. The van der Waals surface area contributed by atoms with E-state index in [-0.39, 0.29) is 5.54 Å². The van der Waals surface area contributed by atoms with Gasteiger partial charge in [-0.3, -0.25) is 5.32 Å². The average Bonchev–Trinajstić information content (AvgIpc) is 2.21. The van der Waals surface area contributed by atoms with Crippen LogP contribution in [0, 0.1) is 17.2 Å². The van der Waals surface area contributed by atoms with E-state index < -0.39 is 0 Å². The van der Waals surface area contributed by atoms with Crippen LogP contribution in [0.1, 0.15) is 40.5 Å². The van der Waals surface area contributed by atoms with Crippen LogP contribution in [0.25, 0.3) is 0 Å². The molecule has 0 aliphatic heterocycles. The van der Waals surface area contributed by atoms with Crippen LogP contribution in [-0.4, -0.2) is 23.6 Å². The Labute approximate surface area is 98.8 Å². The standard InChI is InChI=1S/C12H24N2S/c1-5-7-14-12(4,9-13)10-15-8-6-11(2)3/h11,14H,5-8,10H2,1-4H3. The van der Waals surface area contributed by atoms with Crippen LogP contribution >= 0.6 is 11.8 Å². The topological polar surface area (TPSA) is 35.8 Å². The monoisotopic (exact) mass is 228 g/mol. The molecular formula is C12H24N2S. The Morgan fingerprint density at radius 2 is 2.13 bits per heavy atom. The lowest BCUT2D eigenvalue weighted by molar-refractivity contribution is 0.493. The van der Waals surface area contributed by atoms with E-state index in [1.807, 2.05) is 18.7 Å². The molecule has 1 unspecified atom stereocenters. The molecule has 0 heterocycles. The molecule has 0 spiro atoms. The minimum absolute atomic E-state index is 0.350. The summed E-state index contributed by atoms with van der Waals surface area (Å²) in [4.78, 5) is 0. The van der Waals surface area contributed by atoms with Crippen molar-refractivity contribution in [2.24, 2.45) is 5.92 Å². The first-order chi connectivity index (χ1) is 7.04. The van der Waals surface area contributed by atoms with E-state index in [0.29, 0.717) is 0 Å². The van der Waals surface area contributed by atoms with Gasteiger partial charge in [0.2, 0.25) is 0 Å². The second-order valence-electron chi connectivity index (χ2n) is 4.61. The smallest absolute Gasteiger partial charge is 0.113 e. The first-order valence-corrected chi connectivity index (χ1v) is 6.93. The zero-order valence-corrected chi connectivity index (χ0v) is 11.3. The molecule has 0 rings (SSSR count). The molecule has 0 saturated heterocycles. The van der Waals surface area contributed by atoms with Crippen molar-refractivity contribution in [3.63, 3.8) is 0 Å². The summed E-state index contributed by atoms with van der Waals surface area (Å²) < 4.78 is 0. The molecule has 1 N–H and O–H groups in total. The summed E-state index contributed by atoms with van der Waals surface area (Å²) in [5.74, 6) is 2.80. The van der Waals surface area contributed by atoms with Crippen molar-refractivity contribution in [2.45, 2.75) is 46.1 Å². The highest BCUT2D eigenvalue weighted by molar-refractivity contribution is 7.99. The van der Waals surface area contributed by atoms with Crippen LogP contribution in [0.5, 0.6) is 0 Å². The highest BCUT2D eigenvalue weighted by Gasteiger charge is 2.22. The highest BCUT2D eigenvalue weighted by Crippen LogP contribution is 2.15. The lowest BCUT2D eigenvalue weighted by atomic mass is 10.1. The minimum Gasteiger partial charge on any atom is -0.299 e. The summed E-state index contributed by atoms with van der Waals surface area (Å²) in [6, 6.07) is 2.37. The number of hydrogen-bond acceptors (Lipinski definition) is 3. The quantitative estimate of drug-likeness (QED) is 0.649. The van der Waals surface area contributed by atoms with Gasteiger partial charge in [-0.25, -0.2) is 0 Å². The van der Waals surface area contributed by atoms with E-state index in [9.17, 15) is 0 Å². The van der Waals surface area contributed by atoms with Gasteiger partial charge >= 0.3 is 0 Å². The van der Waals surface area contributed by atoms with Gasteiger partial charge in [0.15, 0.2) is 0 Å². The molecule has 88 valence electrons. The number of hydrogen-bond donors (Lipinski definition) is 1. The average molecular weight is 228 g/mol. The van der Waals surface area contributed by atoms with Crippen LogP contribution in [0.15, 0.2) is 0 Å². The number of thioether (sulfide) groups is 1. The lowest BCUT2D eigenvalue weighted by Crippen LogP contribution is -2.43. The fourth-order valence-electron chi connectivity index (χ4n) is 1.12. The number of nitrogens with zero attached hydrogens (tertiary/aromatic N) is 1. The molecule has 0 aromatic carbocycles. The van der Waals surface area contributed by atoms with E-state index >= 15 is 0 Å². The van der Waals surface area contributed by atoms with Crippen molar-refractivity contribution in [3.8, 4) is 6.07 Å². The molecule has 1 atom stereocenters.